The second-order valence-electron chi connectivity index (χ2n) is 3.10. The van der Waals surface area contributed by atoms with E-state index in [0.717, 1.165) is 6.20 Å². The van der Waals surface area contributed by atoms with Crippen LogP contribution in [0.3, 0.4) is 0 Å². The molecular weight excluding hydrogens is 155 g/mol. The lowest BCUT2D eigenvalue weighted by molar-refractivity contribution is 0.605. The van der Waals surface area contributed by atoms with Crippen molar-refractivity contribution in [2.24, 2.45) is 0 Å². The molecule has 3 heteroatoms. The number of hydrogen-bond acceptors (Lipinski definition) is 2. The maximum atomic E-state index is 12.4. The molecule has 0 aliphatic heterocycles. The molecule has 1 aromatic rings. The smallest absolute Gasteiger partial charge is 0.141 e. The molecule has 0 saturated carbocycles. The van der Waals surface area contributed by atoms with Gasteiger partial charge < -0.3 is 0 Å². The van der Waals surface area contributed by atoms with Crippen LogP contribution in [-0.2, 0) is 5.41 Å². The third-order valence-electron chi connectivity index (χ3n) is 1.65. The normalized spacial score (nSPS) is 10.8. The Bertz CT molecular complexity index is 308. The molecule has 1 heterocycles. The van der Waals surface area contributed by atoms with Gasteiger partial charge in [-0.3, -0.25) is 4.98 Å². The second-order valence-corrected chi connectivity index (χ2v) is 3.10. The van der Waals surface area contributed by atoms with Gasteiger partial charge in [-0.15, -0.1) is 0 Å². The van der Waals surface area contributed by atoms with E-state index in [1.165, 1.54) is 12.1 Å². The summed E-state index contributed by atoms with van der Waals surface area (Å²) in [4.78, 5) is 3.82. The van der Waals surface area contributed by atoms with Gasteiger partial charge in [-0.2, -0.15) is 5.26 Å². The third kappa shape index (κ3) is 1.59. The lowest BCUT2D eigenvalue weighted by atomic mass is 9.91. The number of hydrogen-bond donors (Lipinski definition) is 0. The molecular formula is C9H9FN2. The van der Waals surface area contributed by atoms with Crippen molar-refractivity contribution in [2.45, 2.75) is 19.3 Å². The molecule has 0 atom stereocenters. The first-order valence-electron chi connectivity index (χ1n) is 3.59. The van der Waals surface area contributed by atoms with E-state index in [2.05, 4.69) is 11.1 Å². The summed E-state index contributed by atoms with van der Waals surface area (Å²) < 4.78 is 12.4. The van der Waals surface area contributed by atoms with Gasteiger partial charge in [-0.25, -0.2) is 4.39 Å². The fraction of sp³-hybridized carbons (Fsp3) is 0.333. The van der Waals surface area contributed by atoms with Gasteiger partial charge in [0, 0.05) is 0 Å². The van der Waals surface area contributed by atoms with Crippen LogP contribution in [-0.4, -0.2) is 4.98 Å². The van der Waals surface area contributed by atoms with E-state index in [0.29, 0.717) is 5.69 Å². The zero-order chi connectivity index (χ0) is 9.19. The fourth-order valence-electron chi connectivity index (χ4n) is 0.803. The van der Waals surface area contributed by atoms with Crippen molar-refractivity contribution in [3.05, 3.63) is 29.8 Å². The Morgan fingerprint density at radius 1 is 1.50 bits per heavy atom. The summed E-state index contributed by atoms with van der Waals surface area (Å²) in [7, 11) is 0. The van der Waals surface area contributed by atoms with Crippen LogP contribution in [0.4, 0.5) is 4.39 Å². The van der Waals surface area contributed by atoms with Crippen molar-refractivity contribution in [1.82, 2.24) is 4.98 Å². The van der Waals surface area contributed by atoms with Crippen LogP contribution >= 0.6 is 0 Å². The Hall–Kier alpha value is -1.43. The third-order valence-corrected chi connectivity index (χ3v) is 1.65. The van der Waals surface area contributed by atoms with Crippen LogP contribution in [0.15, 0.2) is 18.3 Å². The van der Waals surface area contributed by atoms with Gasteiger partial charge in [-0.1, -0.05) is 0 Å². The molecule has 0 amide bonds. The van der Waals surface area contributed by atoms with Crippen molar-refractivity contribution in [2.75, 3.05) is 0 Å². The molecule has 0 radical (unpaired) electrons. The van der Waals surface area contributed by atoms with Crippen LogP contribution in [0.25, 0.3) is 0 Å². The lowest BCUT2D eigenvalue weighted by Gasteiger charge is -2.13. The summed E-state index contributed by atoms with van der Waals surface area (Å²) in [6, 6.07) is 4.93. The minimum Gasteiger partial charge on any atom is -0.257 e. The molecule has 0 aromatic carbocycles. The van der Waals surface area contributed by atoms with Gasteiger partial charge >= 0.3 is 0 Å². The zero-order valence-electron chi connectivity index (χ0n) is 7.00. The number of rotatable bonds is 1. The van der Waals surface area contributed by atoms with Gasteiger partial charge in [-0.05, 0) is 26.0 Å². The molecule has 0 aliphatic carbocycles. The maximum Gasteiger partial charge on any atom is 0.141 e. The molecule has 12 heavy (non-hydrogen) atoms. The van der Waals surface area contributed by atoms with E-state index in [-0.39, 0.29) is 5.82 Å². The Labute approximate surface area is 70.7 Å². The second kappa shape index (κ2) is 2.90. The van der Waals surface area contributed by atoms with E-state index in [1.807, 2.05) is 0 Å². The Morgan fingerprint density at radius 2 is 2.17 bits per heavy atom. The molecule has 0 spiro atoms. The standard InChI is InChI=1S/C9H9FN2/c1-9(2,6-11)8-4-3-7(10)5-12-8/h3-5H,1-2H3. The van der Waals surface area contributed by atoms with Gasteiger partial charge in [0.25, 0.3) is 0 Å². The summed E-state index contributed by atoms with van der Waals surface area (Å²) in [5.41, 5.74) is -0.0559. The average molecular weight is 164 g/mol. The summed E-state index contributed by atoms with van der Waals surface area (Å²) in [5, 5.41) is 8.73. The lowest BCUT2D eigenvalue weighted by Crippen LogP contribution is -2.15. The number of halogens is 1. The molecule has 0 saturated heterocycles. The largest absolute Gasteiger partial charge is 0.257 e. The first kappa shape index (κ1) is 8.66. The quantitative estimate of drug-likeness (QED) is 0.636. The zero-order valence-corrected chi connectivity index (χ0v) is 7.00. The van der Waals surface area contributed by atoms with E-state index in [1.54, 1.807) is 13.8 Å². The molecule has 1 aromatic heterocycles. The first-order chi connectivity index (χ1) is 5.56. The van der Waals surface area contributed by atoms with Crippen LogP contribution in [0.2, 0.25) is 0 Å². The molecule has 0 N–H and O–H groups in total. The number of nitriles is 1. The Balaban J connectivity index is 3.07. The molecule has 62 valence electrons. The van der Waals surface area contributed by atoms with E-state index >= 15 is 0 Å². The van der Waals surface area contributed by atoms with E-state index < -0.39 is 5.41 Å². The Kier molecular flexibility index (Phi) is 2.09. The van der Waals surface area contributed by atoms with Crippen molar-refractivity contribution in [3.63, 3.8) is 0 Å². The minimum atomic E-state index is -0.645. The van der Waals surface area contributed by atoms with Crippen LogP contribution < -0.4 is 0 Å². The van der Waals surface area contributed by atoms with Crippen LogP contribution in [0.5, 0.6) is 0 Å². The predicted octanol–water partition coefficient (Wildman–Crippen LogP) is 2.02. The average Bonchev–Trinajstić information content (AvgIpc) is 2.05. The highest BCUT2D eigenvalue weighted by atomic mass is 19.1. The van der Waals surface area contributed by atoms with Crippen molar-refractivity contribution in [1.29, 1.82) is 5.26 Å². The van der Waals surface area contributed by atoms with Gasteiger partial charge in [0.05, 0.1) is 23.4 Å². The Morgan fingerprint density at radius 3 is 2.58 bits per heavy atom. The van der Waals surface area contributed by atoms with Gasteiger partial charge in [0.15, 0.2) is 0 Å². The maximum absolute atomic E-state index is 12.4. The van der Waals surface area contributed by atoms with E-state index in [9.17, 15) is 4.39 Å². The van der Waals surface area contributed by atoms with Crippen molar-refractivity contribution in [3.8, 4) is 6.07 Å². The molecule has 0 bridgehead atoms. The highest BCUT2D eigenvalue weighted by molar-refractivity contribution is 5.22. The summed E-state index contributed by atoms with van der Waals surface area (Å²) >= 11 is 0. The fourth-order valence-corrected chi connectivity index (χ4v) is 0.803. The predicted molar refractivity (Wildman–Crippen MR) is 42.8 cm³/mol. The molecule has 2 nitrogen and oxygen atoms in total. The van der Waals surface area contributed by atoms with Gasteiger partial charge in [0.2, 0.25) is 0 Å². The van der Waals surface area contributed by atoms with Gasteiger partial charge in [0.1, 0.15) is 5.82 Å². The minimum absolute atomic E-state index is 0.382. The summed E-state index contributed by atoms with van der Waals surface area (Å²) in [5.74, 6) is -0.382. The summed E-state index contributed by atoms with van der Waals surface area (Å²) in [6.07, 6.45) is 1.12. The molecule has 1 rings (SSSR count). The number of aromatic nitrogens is 1. The number of pyridine rings is 1. The SMILES string of the molecule is CC(C)(C#N)c1ccc(F)cn1. The summed E-state index contributed by atoms with van der Waals surface area (Å²) in [6.45, 7) is 3.49. The highest BCUT2D eigenvalue weighted by Crippen LogP contribution is 2.19. The molecule has 0 aliphatic rings. The monoisotopic (exact) mass is 164 g/mol. The topological polar surface area (TPSA) is 36.7 Å². The van der Waals surface area contributed by atoms with Crippen LogP contribution in [0.1, 0.15) is 19.5 Å². The highest BCUT2D eigenvalue weighted by Gasteiger charge is 2.20. The molecule has 0 fully saturated rings. The number of nitrogens with zero attached hydrogens (tertiary/aromatic N) is 2. The van der Waals surface area contributed by atoms with Crippen LogP contribution in [0, 0.1) is 17.1 Å². The first-order valence-corrected chi connectivity index (χ1v) is 3.59. The van der Waals surface area contributed by atoms with Crippen molar-refractivity contribution >= 4 is 0 Å². The van der Waals surface area contributed by atoms with Crippen molar-refractivity contribution < 1.29 is 4.39 Å². The van der Waals surface area contributed by atoms with E-state index in [4.69, 9.17) is 5.26 Å². The molecule has 0 unspecified atom stereocenters.